The summed E-state index contributed by atoms with van der Waals surface area (Å²) in [4.78, 5) is 9.22. The molecule has 0 aliphatic heterocycles. The average Bonchev–Trinajstić information content (AvgIpc) is 3.51. The Morgan fingerprint density at radius 2 is 1.37 bits per heavy atom. The van der Waals surface area contributed by atoms with Crippen molar-refractivity contribution in [3.8, 4) is 33.9 Å². The molecule has 1 saturated carbocycles. The first-order valence-electron chi connectivity index (χ1n) is 16.1. The first kappa shape index (κ1) is 29.0. The zero-order valence-electron chi connectivity index (χ0n) is 26.1. The first-order valence-corrected chi connectivity index (χ1v) is 16.1. The molecule has 9 heteroatoms. The summed E-state index contributed by atoms with van der Waals surface area (Å²) < 4.78 is 39.9. The molecule has 238 valence electrons. The van der Waals surface area contributed by atoms with E-state index < -0.39 is 17.2 Å². The van der Waals surface area contributed by atoms with Gasteiger partial charge in [0, 0.05) is 35.0 Å². The summed E-state index contributed by atoms with van der Waals surface area (Å²) in [5.41, 5.74) is 4.86. The number of nitrogens with zero attached hydrogens (tertiary/aromatic N) is 6. The fourth-order valence-corrected chi connectivity index (χ4v) is 6.71. The number of benzene rings is 4. The van der Waals surface area contributed by atoms with Crippen molar-refractivity contribution in [3.05, 3.63) is 174 Å². The summed E-state index contributed by atoms with van der Waals surface area (Å²) in [5, 5.41) is 9.43. The van der Waals surface area contributed by atoms with Crippen LogP contribution in [0.1, 0.15) is 41.3 Å². The minimum Gasteiger partial charge on any atom is -0.339 e. The second-order valence-corrected chi connectivity index (χ2v) is 12.3. The van der Waals surface area contributed by atoms with E-state index >= 15 is 4.39 Å². The topological polar surface area (TPSA) is 74.0 Å². The van der Waals surface area contributed by atoms with Crippen molar-refractivity contribution < 1.29 is 13.3 Å². The minimum absolute atomic E-state index is 0.0510. The molecule has 0 amide bonds. The van der Waals surface area contributed by atoms with Gasteiger partial charge < -0.3 is 4.52 Å². The highest BCUT2D eigenvalue weighted by Gasteiger charge is 2.40. The molecule has 4 heterocycles. The van der Waals surface area contributed by atoms with E-state index in [0.29, 0.717) is 45.8 Å². The largest absolute Gasteiger partial charge is 0.339 e. The van der Waals surface area contributed by atoms with Gasteiger partial charge in [0.05, 0.1) is 6.20 Å². The molecule has 8 aromatic rings. The predicted octanol–water partition coefficient (Wildman–Crippen LogP) is 8.91. The molecular formula is C40H28F2N6O. The van der Waals surface area contributed by atoms with Crippen molar-refractivity contribution in [1.82, 2.24) is 29.3 Å². The van der Waals surface area contributed by atoms with Crippen LogP contribution in [0, 0.1) is 11.6 Å². The maximum atomic E-state index is 15.7. The molecule has 0 bridgehead atoms. The van der Waals surface area contributed by atoms with Crippen LogP contribution in [0.5, 0.6) is 0 Å². The lowest BCUT2D eigenvalue weighted by Gasteiger charge is -2.36. The number of rotatable bonds is 8. The summed E-state index contributed by atoms with van der Waals surface area (Å²) in [5.74, 6) is 0.236. The van der Waals surface area contributed by atoms with Gasteiger partial charge in [-0.1, -0.05) is 96.2 Å². The van der Waals surface area contributed by atoms with E-state index in [4.69, 9.17) is 9.62 Å². The van der Waals surface area contributed by atoms with Gasteiger partial charge in [0.25, 0.3) is 0 Å². The normalized spacial score (nSPS) is 13.3. The van der Waals surface area contributed by atoms with Gasteiger partial charge in [-0.15, -0.1) is 0 Å². The number of pyridine rings is 1. The van der Waals surface area contributed by atoms with Crippen LogP contribution in [0.15, 0.2) is 144 Å². The van der Waals surface area contributed by atoms with E-state index in [0.717, 1.165) is 41.7 Å². The van der Waals surface area contributed by atoms with Crippen LogP contribution >= 0.6 is 0 Å². The SMILES string of the molecule is Fc1ccc(F)c(-c2nn(C(c3ccccc3)(c3ccccc3)c3ccccc3)cc2-c2ccc3ncc(-c4noc(C5CC5)n4)n3c2)c1. The molecule has 0 radical (unpaired) electrons. The Morgan fingerprint density at radius 3 is 2.00 bits per heavy atom. The molecule has 0 saturated heterocycles. The number of halogens is 2. The van der Waals surface area contributed by atoms with E-state index in [1.165, 1.54) is 6.07 Å². The molecule has 1 fully saturated rings. The second kappa shape index (κ2) is 11.5. The summed E-state index contributed by atoms with van der Waals surface area (Å²) in [7, 11) is 0. The van der Waals surface area contributed by atoms with Gasteiger partial charge in [0.1, 0.15) is 34.2 Å². The zero-order chi connectivity index (χ0) is 33.0. The van der Waals surface area contributed by atoms with E-state index in [9.17, 15) is 4.39 Å². The summed E-state index contributed by atoms with van der Waals surface area (Å²) in [6.45, 7) is 0. The van der Waals surface area contributed by atoms with Crippen LogP contribution in [0.2, 0.25) is 0 Å². The third-order valence-electron chi connectivity index (χ3n) is 9.23. The molecule has 1 aliphatic rings. The van der Waals surface area contributed by atoms with Crippen LogP contribution in [0.3, 0.4) is 0 Å². The van der Waals surface area contributed by atoms with Gasteiger partial charge in [-0.25, -0.2) is 13.8 Å². The van der Waals surface area contributed by atoms with Crippen LogP contribution in [-0.2, 0) is 5.54 Å². The lowest BCUT2D eigenvalue weighted by Crippen LogP contribution is -2.38. The quantitative estimate of drug-likeness (QED) is 0.154. The Morgan fingerprint density at radius 1 is 0.714 bits per heavy atom. The second-order valence-electron chi connectivity index (χ2n) is 12.3. The van der Waals surface area contributed by atoms with Crippen LogP contribution in [0.4, 0.5) is 8.78 Å². The third-order valence-corrected chi connectivity index (χ3v) is 9.23. The molecule has 9 rings (SSSR count). The molecule has 0 N–H and O–H groups in total. The lowest BCUT2D eigenvalue weighted by molar-refractivity contribution is 0.380. The van der Waals surface area contributed by atoms with Crippen molar-refractivity contribution in [1.29, 1.82) is 0 Å². The average molecular weight is 647 g/mol. The number of hydrogen-bond donors (Lipinski definition) is 0. The van der Waals surface area contributed by atoms with Crippen LogP contribution in [-0.4, -0.2) is 29.3 Å². The molecule has 0 unspecified atom stereocenters. The fourth-order valence-electron chi connectivity index (χ4n) is 6.71. The van der Waals surface area contributed by atoms with E-state index in [-0.39, 0.29) is 5.56 Å². The molecule has 0 spiro atoms. The number of imidazole rings is 1. The van der Waals surface area contributed by atoms with Crippen LogP contribution < -0.4 is 0 Å². The Balaban J connectivity index is 1.32. The highest BCUT2D eigenvalue weighted by Crippen LogP contribution is 2.44. The van der Waals surface area contributed by atoms with E-state index in [1.807, 2.05) is 88.2 Å². The van der Waals surface area contributed by atoms with Crippen LogP contribution in [0.25, 0.3) is 39.5 Å². The third kappa shape index (κ3) is 4.85. The Kier molecular flexibility index (Phi) is 6.79. The standard InChI is InChI=1S/C40H28F2N6O/c41-31-19-20-34(42)32(22-31)37-33(27-18-21-36-43-23-35(47(36)24-27)38-44-39(49-46-38)26-16-17-26)25-48(45-37)40(28-10-4-1-5-11-28,29-12-6-2-7-13-29)30-14-8-3-9-15-30/h1-15,18-26H,16-17H2. The number of aromatic nitrogens is 6. The predicted molar refractivity (Wildman–Crippen MR) is 182 cm³/mol. The van der Waals surface area contributed by atoms with Gasteiger partial charge in [0.2, 0.25) is 11.7 Å². The first-order chi connectivity index (χ1) is 24.1. The molecule has 0 atom stereocenters. The Bertz CT molecular complexity index is 2340. The molecule has 1 aliphatic carbocycles. The lowest BCUT2D eigenvalue weighted by atomic mass is 9.77. The Hall–Kier alpha value is -6.22. The van der Waals surface area contributed by atoms with Crippen molar-refractivity contribution >= 4 is 5.65 Å². The highest BCUT2D eigenvalue weighted by molar-refractivity contribution is 5.81. The number of fused-ring (bicyclic) bond motifs is 1. The number of hydrogen-bond acceptors (Lipinski definition) is 5. The van der Waals surface area contributed by atoms with Crippen molar-refractivity contribution in [3.63, 3.8) is 0 Å². The Labute approximate surface area is 280 Å². The van der Waals surface area contributed by atoms with E-state index in [2.05, 4.69) is 51.5 Å². The maximum Gasteiger partial charge on any atom is 0.230 e. The monoisotopic (exact) mass is 646 g/mol. The maximum absolute atomic E-state index is 15.7. The van der Waals surface area contributed by atoms with E-state index in [1.54, 1.807) is 6.20 Å². The molecular weight excluding hydrogens is 618 g/mol. The highest BCUT2D eigenvalue weighted by atomic mass is 19.1. The summed E-state index contributed by atoms with van der Waals surface area (Å²) in [6.07, 6.45) is 7.62. The van der Waals surface area contributed by atoms with Gasteiger partial charge in [-0.05, 0) is 59.9 Å². The summed E-state index contributed by atoms with van der Waals surface area (Å²) >= 11 is 0. The minimum atomic E-state index is -0.977. The molecule has 7 nitrogen and oxygen atoms in total. The fraction of sp³-hybridized carbons (Fsp3) is 0.100. The van der Waals surface area contributed by atoms with Crippen molar-refractivity contribution in [2.45, 2.75) is 24.3 Å². The molecule has 4 aromatic carbocycles. The zero-order valence-corrected chi connectivity index (χ0v) is 26.1. The van der Waals surface area contributed by atoms with Gasteiger partial charge in [-0.3, -0.25) is 9.08 Å². The van der Waals surface area contributed by atoms with Gasteiger partial charge in [0.15, 0.2) is 0 Å². The van der Waals surface area contributed by atoms with Gasteiger partial charge in [-0.2, -0.15) is 10.1 Å². The van der Waals surface area contributed by atoms with Crippen molar-refractivity contribution in [2.24, 2.45) is 0 Å². The molecule has 49 heavy (non-hydrogen) atoms. The van der Waals surface area contributed by atoms with Crippen molar-refractivity contribution in [2.75, 3.05) is 0 Å². The molecule has 4 aromatic heterocycles. The van der Waals surface area contributed by atoms with Gasteiger partial charge >= 0.3 is 0 Å². The summed E-state index contributed by atoms with van der Waals surface area (Å²) in [6, 6.07) is 37.5. The smallest absolute Gasteiger partial charge is 0.230 e.